The number of hydrogen-bond donors (Lipinski definition) is 0. The Morgan fingerprint density at radius 1 is 0.769 bits per heavy atom. The van der Waals surface area contributed by atoms with Crippen molar-refractivity contribution < 1.29 is 23.9 Å². The van der Waals surface area contributed by atoms with E-state index < -0.39 is 34.2 Å². The SMILES string of the molecule is CC(C)(C)OC(=O)N1CC2(C)CN(C(=O)OC(C)(C)C)CC(C)(C1)C2=O. The number of rotatable bonds is 0. The fourth-order valence-electron chi connectivity index (χ4n) is 3.82. The number of nitrogens with zero attached hydrogens (tertiary/aromatic N) is 2. The molecule has 0 saturated carbocycles. The zero-order valence-electron chi connectivity index (χ0n) is 17.3. The molecule has 148 valence electrons. The summed E-state index contributed by atoms with van der Waals surface area (Å²) in [5, 5.41) is 0. The summed E-state index contributed by atoms with van der Waals surface area (Å²) in [6.45, 7) is 15.4. The zero-order valence-corrected chi connectivity index (χ0v) is 17.3. The predicted molar refractivity (Wildman–Crippen MR) is 96.8 cm³/mol. The van der Waals surface area contributed by atoms with Crippen molar-refractivity contribution in [1.29, 1.82) is 0 Å². The first-order valence-corrected chi connectivity index (χ1v) is 9.06. The third-order valence-electron chi connectivity index (χ3n) is 4.56. The highest BCUT2D eigenvalue weighted by atomic mass is 16.6. The number of carbonyl (C=O) groups excluding carboxylic acids is 3. The molecule has 0 aromatic heterocycles. The summed E-state index contributed by atoms with van der Waals surface area (Å²) in [7, 11) is 0. The van der Waals surface area contributed by atoms with Crippen molar-refractivity contribution in [3.8, 4) is 0 Å². The Bertz CT molecular complexity index is 550. The van der Waals surface area contributed by atoms with Crippen LogP contribution in [0.25, 0.3) is 0 Å². The maximum absolute atomic E-state index is 13.0. The number of hydrogen-bond acceptors (Lipinski definition) is 5. The molecule has 7 heteroatoms. The molecule has 2 rings (SSSR count). The van der Waals surface area contributed by atoms with Crippen LogP contribution in [0.4, 0.5) is 9.59 Å². The van der Waals surface area contributed by atoms with Gasteiger partial charge in [0, 0.05) is 26.2 Å². The van der Waals surface area contributed by atoms with Gasteiger partial charge in [0.2, 0.25) is 0 Å². The number of amides is 2. The van der Waals surface area contributed by atoms with Gasteiger partial charge in [-0.25, -0.2) is 9.59 Å². The van der Waals surface area contributed by atoms with Gasteiger partial charge in [-0.3, -0.25) is 4.79 Å². The van der Waals surface area contributed by atoms with Crippen LogP contribution >= 0.6 is 0 Å². The lowest BCUT2D eigenvalue weighted by Gasteiger charge is -2.54. The van der Waals surface area contributed by atoms with Gasteiger partial charge in [-0.1, -0.05) is 0 Å². The van der Waals surface area contributed by atoms with Gasteiger partial charge in [0.05, 0.1) is 10.8 Å². The van der Waals surface area contributed by atoms with E-state index >= 15 is 0 Å². The molecule has 2 amide bonds. The highest BCUT2D eigenvalue weighted by Gasteiger charge is 2.58. The molecule has 0 N–H and O–H groups in total. The summed E-state index contributed by atoms with van der Waals surface area (Å²) in [4.78, 5) is 41.2. The van der Waals surface area contributed by atoms with Crippen molar-refractivity contribution in [2.24, 2.45) is 10.8 Å². The summed E-state index contributed by atoms with van der Waals surface area (Å²) in [6.07, 6.45) is -0.846. The molecule has 0 atom stereocenters. The molecule has 0 aromatic rings. The van der Waals surface area contributed by atoms with Crippen LogP contribution < -0.4 is 0 Å². The molecular weight excluding hydrogens is 336 g/mol. The van der Waals surface area contributed by atoms with E-state index in [0.717, 1.165) is 0 Å². The maximum Gasteiger partial charge on any atom is 0.410 e. The van der Waals surface area contributed by atoms with E-state index in [4.69, 9.17) is 9.47 Å². The number of likely N-dealkylation sites (tertiary alicyclic amines) is 2. The van der Waals surface area contributed by atoms with Gasteiger partial charge >= 0.3 is 12.2 Å². The minimum Gasteiger partial charge on any atom is -0.444 e. The standard InChI is InChI=1S/C19H32N2O5/c1-16(2,3)25-14(23)20-9-18(7)11-21(15(24)26-17(4,5)6)12-19(8,10-20)13(18)22/h9-12H2,1-8H3. The molecular formula is C19H32N2O5. The Hall–Kier alpha value is -1.79. The highest BCUT2D eigenvalue weighted by Crippen LogP contribution is 2.43. The second kappa shape index (κ2) is 6.13. The monoisotopic (exact) mass is 368 g/mol. The lowest BCUT2D eigenvalue weighted by molar-refractivity contribution is -0.155. The molecule has 2 aliphatic rings. The molecule has 2 aliphatic heterocycles. The Morgan fingerprint density at radius 3 is 1.27 bits per heavy atom. The Balaban J connectivity index is 2.22. The molecule has 7 nitrogen and oxygen atoms in total. The molecule has 2 saturated heterocycles. The van der Waals surface area contributed by atoms with Gasteiger partial charge in [0.1, 0.15) is 11.2 Å². The molecule has 26 heavy (non-hydrogen) atoms. The number of Topliss-reactive ketones (excluding diaryl/α,β-unsaturated/α-hetero) is 1. The van der Waals surface area contributed by atoms with Gasteiger partial charge in [-0.15, -0.1) is 0 Å². The molecule has 0 aliphatic carbocycles. The van der Waals surface area contributed by atoms with Crippen LogP contribution in [0.15, 0.2) is 0 Å². The van der Waals surface area contributed by atoms with Crippen LogP contribution in [0.1, 0.15) is 55.4 Å². The van der Waals surface area contributed by atoms with E-state index in [-0.39, 0.29) is 32.0 Å². The topological polar surface area (TPSA) is 76.2 Å². The molecule has 0 radical (unpaired) electrons. The third-order valence-corrected chi connectivity index (χ3v) is 4.56. The minimum absolute atomic E-state index is 0.0876. The van der Waals surface area contributed by atoms with Gasteiger partial charge in [0.25, 0.3) is 0 Å². The van der Waals surface area contributed by atoms with Crippen LogP contribution in [0, 0.1) is 10.8 Å². The number of ether oxygens (including phenoxy) is 2. The summed E-state index contributed by atoms with van der Waals surface area (Å²) >= 11 is 0. The number of fused-ring (bicyclic) bond motifs is 2. The number of carbonyl (C=O) groups is 3. The predicted octanol–water partition coefficient (Wildman–Crippen LogP) is 3.07. The van der Waals surface area contributed by atoms with Crippen molar-refractivity contribution >= 4 is 18.0 Å². The molecule has 0 unspecified atom stereocenters. The normalized spacial score (nSPS) is 29.5. The van der Waals surface area contributed by atoms with E-state index in [2.05, 4.69) is 0 Å². The fourth-order valence-corrected chi connectivity index (χ4v) is 3.82. The van der Waals surface area contributed by atoms with Crippen molar-refractivity contribution in [3.63, 3.8) is 0 Å². The van der Waals surface area contributed by atoms with E-state index in [1.54, 1.807) is 23.6 Å². The number of piperidine rings is 2. The average molecular weight is 368 g/mol. The molecule has 2 bridgehead atoms. The Labute approximate surface area is 156 Å². The smallest absolute Gasteiger partial charge is 0.410 e. The largest absolute Gasteiger partial charge is 0.444 e. The second-order valence-electron chi connectivity index (χ2n) is 10.1. The first-order valence-electron chi connectivity index (χ1n) is 9.06. The Morgan fingerprint density at radius 2 is 1.04 bits per heavy atom. The molecule has 0 spiro atoms. The Kier molecular flexibility index (Phi) is 4.84. The maximum atomic E-state index is 13.0. The van der Waals surface area contributed by atoms with Crippen LogP contribution in [0.2, 0.25) is 0 Å². The fraction of sp³-hybridized carbons (Fsp3) is 0.842. The zero-order chi connectivity index (χ0) is 20.1. The molecule has 2 heterocycles. The van der Waals surface area contributed by atoms with Crippen molar-refractivity contribution in [2.45, 2.75) is 66.6 Å². The van der Waals surface area contributed by atoms with Crippen molar-refractivity contribution in [3.05, 3.63) is 0 Å². The van der Waals surface area contributed by atoms with E-state index in [1.165, 1.54) is 0 Å². The van der Waals surface area contributed by atoms with Crippen molar-refractivity contribution in [1.82, 2.24) is 9.80 Å². The van der Waals surface area contributed by atoms with Crippen LogP contribution in [-0.2, 0) is 14.3 Å². The molecule has 0 aromatic carbocycles. The quantitative estimate of drug-likeness (QED) is 0.657. The summed E-state index contributed by atoms with van der Waals surface area (Å²) < 4.78 is 11.0. The second-order valence-corrected chi connectivity index (χ2v) is 10.1. The average Bonchev–Trinajstić information content (AvgIpc) is 2.38. The minimum atomic E-state index is -0.834. The van der Waals surface area contributed by atoms with Crippen LogP contribution in [-0.4, -0.2) is 65.2 Å². The van der Waals surface area contributed by atoms with Gasteiger partial charge in [-0.2, -0.15) is 0 Å². The van der Waals surface area contributed by atoms with Gasteiger partial charge < -0.3 is 19.3 Å². The lowest BCUT2D eigenvalue weighted by atomic mass is 9.64. The third kappa shape index (κ3) is 4.30. The van der Waals surface area contributed by atoms with E-state index in [9.17, 15) is 14.4 Å². The van der Waals surface area contributed by atoms with E-state index in [1.807, 2.05) is 41.5 Å². The summed E-state index contributed by atoms with van der Waals surface area (Å²) in [5.74, 6) is 0.0876. The number of ketones is 1. The summed E-state index contributed by atoms with van der Waals surface area (Å²) in [5.41, 5.74) is -2.87. The van der Waals surface area contributed by atoms with Crippen LogP contribution in [0.3, 0.4) is 0 Å². The first-order chi connectivity index (χ1) is 11.5. The lowest BCUT2D eigenvalue weighted by Crippen LogP contribution is -2.69. The summed E-state index contributed by atoms with van der Waals surface area (Å²) in [6, 6.07) is 0. The molecule has 2 fully saturated rings. The van der Waals surface area contributed by atoms with Gasteiger partial charge in [-0.05, 0) is 55.4 Å². The van der Waals surface area contributed by atoms with Gasteiger partial charge in [0.15, 0.2) is 5.78 Å². The van der Waals surface area contributed by atoms with Crippen molar-refractivity contribution in [2.75, 3.05) is 26.2 Å². The van der Waals surface area contributed by atoms with E-state index in [0.29, 0.717) is 0 Å². The highest BCUT2D eigenvalue weighted by molar-refractivity contribution is 5.94. The van der Waals surface area contributed by atoms with Crippen LogP contribution in [0.5, 0.6) is 0 Å². The first kappa shape index (κ1) is 20.5.